The van der Waals surface area contributed by atoms with Crippen molar-refractivity contribution in [3.63, 3.8) is 0 Å². The highest BCUT2D eigenvalue weighted by Crippen LogP contribution is 2.28. The van der Waals surface area contributed by atoms with Crippen LogP contribution < -0.4 is 15.4 Å². The van der Waals surface area contributed by atoms with E-state index in [4.69, 9.17) is 9.47 Å². The number of amides is 3. The minimum absolute atomic E-state index is 0.0719. The molecule has 0 bridgehead atoms. The van der Waals surface area contributed by atoms with Crippen molar-refractivity contribution in [1.29, 1.82) is 0 Å². The van der Waals surface area contributed by atoms with Gasteiger partial charge in [0.1, 0.15) is 23.4 Å². The number of hydrogen-bond donors (Lipinski definition) is 2. The van der Waals surface area contributed by atoms with E-state index in [1.807, 2.05) is 32.9 Å². The predicted molar refractivity (Wildman–Crippen MR) is 174 cm³/mol. The fraction of sp³-hybridized carbons (Fsp3) is 0.719. The molecule has 3 aliphatic rings. The summed E-state index contributed by atoms with van der Waals surface area (Å²) in [6.45, 7) is 8.11. The van der Waals surface area contributed by atoms with Crippen molar-refractivity contribution in [3.05, 3.63) is 29.8 Å². The first-order chi connectivity index (χ1) is 20.6. The molecular weight excluding hydrogens is 585 g/mol. The molecule has 2 N–H and O–H groups in total. The minimum Gasteiger partial charge on any atom is -0.497 e. The Kier molecular flexibility index (Phi) is 12.8. The predicted octanol–water partition coefficient (Wildman–Crippen LogP) is 4.88. The van der Waals surface area contributed by atoms with Crippen molar-refractivity contribution in [2.24, 2.45) is 5.92 Å². The molecule has 0 aromatic heterocycles. The number of piperidine rings is 1. The lowest BCUT2D eigenvalue weighted by Gasteiger charge is -2.33. The zero-order valence-electron chi connectivity index (χ0n) is 26.3. The monoisotopic (exact) mass is 634 g/mol. The number of benzene rings is 1. The topological polar surface area (TPSA) is 100 Å². The molecule has 1 aromatic rings. The Morgan fingerprint density at radius 2 is 1.74 bits per heavy atom. The second-order valence-electron chi connectivity index (χ2n) is 13.0. The van der Waals surface area contributed by atoms with Crippen molar-refractivity contribution in [3.8, 4) is 5.75 Å². The number of carbonyl (C=O) groups excluding carboxylic acids is 3. The number of hydrogen-bond acceptors (Lipinski definition) is 8. The molecule has 1 aliphatic carbocycles. The van der Waals surface area contributed by atoms with Gasteiger partial charge >= 0.3 is 6.09 Å². The lowest BCUT2D eigenvalue weighted by atomic mass is 9.91. The zero-order valence-corrected chi connectivity index (χ0v) is 27.9. The molecule has 11 heteroatoms. The van der Waals surface area contributed by atoms with Gasteiger partial charge in [-0.15, -0.1) is 11.8 Å². The van der Waals surface area contributed by atoms with Crippen LogP contribution in [0.3, 0.4) is 0 Å². The third-order valence-corrected chi connectivity index (χ3v) is 10.6. The molecule has 0 spiro atoms. The molecule has 2 heterocycles. The van der Waals surface area contributed by atoms with Crippen molar-refractivity contribution in [1.82, 2.24) is 20.4 Å². The van der Waals surface area contributed by atoms with Crippen LogP contribution in [0.5, 0.6) is 5.75 Å². The summed E-state index contributed by atoms with van der Waals surface area (Å²) in [6, 6.07) is 6.93. The van der Waals surface area contributed by atoms with Crippen LogP contribution in [0.15, 0.2) is 24.3 Å². The number of rotatable bonds is 11. The molecule has 3 fully saturated rings. The minimum atomic E-state index is -0.653. The maximum absolute atomic E-state index is 13.6. The maximum atomic E-state index is 13.6. The van der Waals surface area contributed by atoms with Crippen LogP contribution in [0.4, 0.5) is 4.79 Å². The lowest BCUT2D eigenvalue weighted by molar-refractivity contribution is -0.131. The summed E-state index contributed by atoms with van der Waals surface area (Å²) in [7, 11) is 1.67. The summed E-state index contributed by atoms with van der Waals surface area (Å²) in [5.74, 6) is 3.53. The molecule has 9 nitrogen and oxygen atoms in total. The molecular formula is C32H50N4O5S2. The standard InChI is InChI=1S/C32H50N4O5S2/c1-32(2,3)41-31(39)36-22-43-21-28(36)30(38)34-27(20-42-19-24-8-6-5-7-9-24)29(37)33-25-14-16-35(17-15-25)18-23-10-12-26(40-4)13-11-23/h10-13,24-25,27-28H,5-9,14-22H2,1-4H3,(H,33,37)(H,34,38)/t27-,28-/m0/s1. The Bertz CT molecular complexity index is 1050. The normalized spacial score (nSPS) is 21.3. The number of ether oxygens (including phenoxy) is 2. The van der Waals surface area contributed by atoms with Gasteiger partial charge < -0.3 is 20.1 Å². The number of nitrogens with one attached hydrogen (secondary N) is 2. The number of carbonyl (C=O) groups is 3. The second-order valence-corrected chi connectivity index (χ2v) is 15.1. The Hall–Kier alpha value is -2.11. The van der Waals surface area contributed by atoms with Crippen LogP contribution >= 0.6 is 23.5 Å². The Morgan fingerprint density at radius 1 is 1.05 bits per heavy atom. The molecule has 43 heavy (non-hydrogen) atoms. The first-order valence-electron chi connectivity index (χ1n) is 15.7. The van der Waals surface area contributed by atoms with Gasteiger partial charge in [0.15, 0.2) is 0 Å². The van der Waals surface area contributed by atoms with E-state index >= 15 is 0 Å². The van der Waals surface area contributed by atoms with Crippen molar-refractivity contribution in [2.45, 2.75) is 96.0 Å². The van der Waals surface area contributed by atoms with Gasteiger partial charge in [-0.05, 0) is 75.8 Å². The van der Waals surface area contributed by atoms with E-state index in [1.54, 1.807) is 18.9 Å². The number of methoxy groups -OCH3 is 1. The first-order valence-corrected chi connectivity index (χ1v) is 18.0. The van der Waals surface area contributed by atoms with Crippen LogP contribution in [-0.2, 0) is 20.9 Å². The molecule has 3 amide bonds. The third kappa shape index (κ3) is 10.8. The average molecular weight is 635 g/mol. The fourth-order valence-electron chi connectivity index (χ4n) is 5.84. The third-order valence-electron chi connectivity index (χ3n) is 8.31. The van der Waals surface area contributed by atoms with E-state index in [0.29, 0.717) is 23.3 Å². The largest absolute Gasteiger partial charge is 0.497 e. The van der Waals surface area contributed by atoms with Crippen LogP contribution in [0.25, 0.3) is 0 Å². The number of likely N-dealkylation sites (tertiary alicyclic amines) is 1. The maximum Gasteiger partial charge on any atom is 0.411 e. The summed E-state index contributed by atoms with van der Waals surface area (Å²) in [5.41, 5.74) is 0.597. The molecule has 2 saturated heterocycles. The smallest absolute Gasteiger partial charge is 0.411 e. The SMILES string of the molecule is COc1ccc(CN2CCC(NC(=O)[C@H](CSCC3CCCCC3)NC(=O)[C@@H]3CSCN3C(=O)OC(C)(C)C)CC2)cc1. The van der Waals surface area contributed by atoms with E-state index in [-0.39, 0.29) is 17.9 Å². The lowest BCUT2D eigenvalue weighted by Crippen LogP contribution is -2.57. The summed E-state index contributed by atoms with van der Waals surface area (Å²) in [5, 5.41) is 6.28. The second kappa shape index (κ2) is 16.3. The summed E-state index contributed by atoms with van der Waals surface area (Å²) >= 11 is 3.28. The van der Waals surface area contributed by atoms with Gasteiger partial charge in [0.2, 0.25) is 11.8 Å². The Balaban J connectivity index is 1.31. The molecule has 1 saturated carbocycles. The molecule has 1 aromatic carbocycles. The van der Waals surface area contributed by atoms with E-state index < -0.39 is 23.8 Å². The van der Waals surface area contributed by atoms with Gasteiger partial charge in [0.25, 0.3) is 0 Å². The van der Waals surface area contributed by atoms with Gasteiger partial charge in [-0.1, -0.05) is 31.4 Å². The van der Waals surface area contributed by atoms with E-state index in [1.165, 1.54) is 54.3 Å². The highest BCUT2D eigenvalue weighted by Gasteiger charge is 2.39. The molecule has 0 radical (unpaired) electrons. The number of nitrogens with zero attached hydrogens (tertiary/aromatic N) is 2. The van der Waals surface area contributed by atoms with Gasteiger partial charge in [-0.2, -0.15) is 11.8 Å². The molecule has 0 unspecified atom stereocenters. The van der Waals surface area contributed by atoms with Crippen molar-refractivity contribution >= 4 is 41.4 Å². The van der Waals surface area contributed by atoms with Gasteiger partial charge in [-0.3, -0.25) is 19.4 Å². The van der Waals surface area contributed by atoms with Crippen molar-refractivity contribution < 1.29 is 23.9 Å². The first kappa shape index (κ1) is 33.8. The number of thioether (sulfide) groups is 2. The van der Waals surface area contributed by atoms with Gasteiger partial charge in [0.05, 0.1) is 13.0 Å². The molecule has 2 aliphatic heterocycles. The molecule has 4 rings (SSSR count). The summed E-state index contributed by atoms with van der Waals surface area (Å²) < 4.78 is 10.8. The highest BCUT2D eigenvalue weighted by atomic mass is 32.2. The molecule has 2 atom stereocenters. The quantitative estimate of drug-likeness (QED) is 0.355. The van der Waals surface area contributed by atoms with Crippen LogP contribution in [-0.4, -0.2) is 94.8 Å². The zero-order chi connectivity index (χ0) is 30.8. The average Bonchev–Trinajstić information content (AvgIpc) is 3.48. The Labute approximate surface area is 265 Å². The fourth-order valence-corrected chi connectivity index (χ4v) is 8.26. The molecule has 240 valence electrons. The van der Waals surface area contributed by atoms with Gasteiger partial charge in [-0.25, -0.2) is 4.79 Å². The van der Waals surface area contributed by atoms with Crippen LogP contribution in [0.1, 0.15) is 71.3 Å². The summed E-state index contributed by atoms with van der Waals surface area (Å²) in [4.78, 5) is 43.8. The van der Waals surface area contributed by atoms with Crippen molar-refractivity contribution in [2.75, 3.05) is 43.3 Å². The van der Waals surface area contributed by atoms with Gasteiger partial charge in [0, 0.05) is 37.2 Å². The Morgan fingerprint density at radius 3 is 2.40 bits per heavy atom. The van der Waals surface area contributed by atoms with Crippen LogP contribution in [0.2, 0.25) is 0 Å². The van der Waals surface area contributed by atoms with Crippen LogP contribution in [0, 0.1) is 5.92 Å². The highest BCUT2D eigenvalue weighted by molar-refractivity contribution is 7.99. The van der Waals surface area contributed by atoms with E-state index in [9.17, 15) is 14.4 Å². The van der Waals surface area contributed by atoms with E-state index in [0.717, 1.165) is 44.0 Å². The van der Waals surface area contributed by atoms with E-state index in [2.05, 4.69) is 27.7 Å². The summed E-state index contributed by atoms with van der Waals surface area (Å²) in [6.07, 6.45) is 7.60.